The van der Waals surface area contributed by atoms with Gasteiger partial charge in [-0.2, -0.15) is 0 Å². The lowest BCUT2D eigenvalue weighted by atomic mass is 10.3. The fraction of sp³-hybridized carbons (Fsp3) is 0.0667. The third kappa shape index (κ3) is 2.24. The van der Waals surface area contributed by atoms with Crippen molar-refractivity contribution in [2.75, 3.05) is 5.75 Å². The number of thioether (sulfide) groups is 1. The zero-order valence-electron chi connectivity index (χ0n) is 10.4. The Morgan fingerprint density at radius 3 is 2.85 bits per heavy atom. The first-order valence-corrected chi connectivity index (χ1v) is 7.79. The molecule has 20 heavy (non-hydrogen) atoms. The summed E-state index contributed by atoms with van der Waals surface area (Å²) < 4.78 is 2.29. The van der Waals surface area contributed by atoms with E-state index in [1.807, 2.05) is 41.8 Å². The molecule has 0 fully saturated rings. The van der Waals surface area contributed by atoms with E-state index < -0.39 is 0 Å². The summed E-state index contributed by atoms with van der Waals surface area (Å²) in [5.74, 6) is 3.05. The third-order valence-electron chi connectivity index (χ3n) is 2.75. The largest absolute Gasteiger partial charge is 0.276 e. The molecule has 3 rings (SSSR count). The van der Waals surface area contributed by atoms with Crippen LogP contribution in [-0.2, 0) is 0 Å². The fourth-order valence-corrected chi connectivity index (χ4v) is 3.35. The molecule has 5 heteroatoms. The summed E-state index contributed by atoms with van der Waals surface area (Å²) in [6, 6.07) is 11.4. The van der Waals surface area contributed by atoms with Crippen LogP contribution in [0.25, 0.3) is 15.9 Å². The number of rotatable bonds is 3. The van der Waals surface area contributed by atoms with Gasteiger partial charge in [0, 0.05) is 0 Å². The lowest BCUT2D eigenvalue weighted by Gasteiger charge is -2.10. The Kier molecular flexibility index (Phi) is 3.59. The lowest BCUT2D eigenvalue weighted by Crippen LogP contribution is -2.20. The highest BCUT2D eigenvalue weighted by Crippen LogP contribution is 2.23. The molecule has 3 nitrogen and oxygen atoms in total. The van der Waals surface area contributed by atoms with Crippen molar-refractivity contribution in [1.82, 2.24) is 9.55 Å². The Balaban J connectivity index is 2.29. The number of thiophene rings is 1. The second kappa shape index (κ2) is 5.53. The molecule has 2 heterocycles. The molecule has 0 saturated heterocycles. The normalized spacial score (nSPS) is 10.6. The summed E-state index contributed by atoms with van der Waals surface area (Å²) in [7, 11) is 0. The average Bonchev–Trinajstić information content (AvgIpc) is 2.95. The molecule has 0 aliphatic heterocycles. The van der Waals surface area contributed by atoms with Crippen molar-refractivity contribution in [3.63, 3.8) is 0 Å². The van der Waals surface area contributed by atoms with E-state index in [2.05, 4.69) is 10.9 Å². The Morgan fingerprint density at radius 1 is 1.30 bits per heavy atom. The summed E-state index contributed by atoms with van der Waals surface area (Å²) in [6.07, 6.45) is 5.31. The number of nitrogens with zero attached hydrogens (tertiary/aromatic N) is 2. The van der Waals surface area contributed by atoms with Gasteiger partial charge in [0.1, 0.15) is 4.70 Å². The molecule has 0 N–H and O–H groups in total. The minimum atomic E-state index is -0.0456. The van der Waals surface area contributed by atoms with E-state index >= 15 is 0 Å². The van der Waals surface area contributed by atoms with Crippen LogP contribution in [0.15, 0.2) is 51.7 Å². The van der Waals surface area contributed by atoms with Gasteiger partial charge in [0.25, 0.3) is 5.56 Å². The summed E-state index contributed by atoms with van der Waals surface area (Å²) >= 11 is 2.80. The first kappa shape index (κ1) is 13.0. The number of benzene rings is 1. The van der Waals surface area contributed by atoms with E-state index in [9.17, 15) is 4.79 Å². The van der Waals surface area contributed by atoms with Gasteiger partial charge in [-0.05, 0) is 23.6 Å². The summed E-state index contributed by atoms with van der Waals surface area (Å²) in [5.41, 5.74) is 1.49. The standard InChI is InChI=1S/C15H10N2OS2/c1-2-9-20-15-16-12-8-10-19-13(12)14(18)17(15)11-6-4-3-5-7-11/h1,3-8,10H,9H2. The first-order chi connectivity index (χ1) is 9.81. The molecule has 0 radical (unpaired) electrons. The predicted molar refractivity (Wildman–Crippen MR) is 84.8 cm³/mol. The van der Waals surface area contributed by atoms with Crippen LogP contribution in [0.3, 0.4) is 0 Å². The van der Waals surface area contributed by atoms with Crippen LogP contribution in [0.5, 0.6) is 0 Å². The molecule has 0 bridgehead atoms. The third-order valence-corrected chi connectivity index (χ3v) is 4.48. The van der Waals surface area contributed by atoms with Gasteiger partial charge in [-0.25, -0.2) is 4.98 Å². The van der Waals surface area contributed by atoms with Crippen LogP contribution in [-0.4, -0.2) is 15.3 Å². The van der Waals surface area contributed by atoms with E-state index in [0.717, 1.165) is 11.2 Å². The summed E-state index contributed by atoms with van der Waals surface area (Å²) in [6.45, 7) is 0. The number of fused-ring (bicyclic) bond motifs is 1. The Hall–Kier alpha value is -2.03. The molecule has 3 aromatic rings. The van der Waals surface area contributed by atoms with E-state index in [1.165, 1.54) is 23.1 Å². The Bertz CT molecular complexity index is 844. The van der Waals surface area contributed by atoms with E-state index in [-0.39, 0.29) is 5.56 Å². The predicted octanol–water partition coefficient (Wildman–Crippen LogP) is 3.17. The molecule has 0 unspecified atom stereocenters. The zero-order chi connectivity index (χ0) is 13.9. The molecule has 98 valence electrons. The van der Waals surface area contributed by atoms with Crippen molar-refractivity contribution in [2.24, 2.45) is 0 Å². The van der Waals surface area contributed by atoms with Gasteiger partial charge < -0.3 is 0 Å². The number of terminal acetylenes is 1. The van der Waals surface area contributed by atoms with Crippen LogP contribution in [0, 0.1) is 12.3 Å². The maximum Gasteiger partial charge on any atom is 0.276 e. The number of hydrogen-bond acceptors (Lipinski definition) is 4. The maximum absolute atomic E-state index is 12.6. The molecular formula is C15H10N2OS2. The topological polar surface area (TPSA) is 34.9 Å². The van der Waals surface area contributed by atoms with Crippen LogP contribution < -0.4 is 5.56 Å². The highest BCUT2D eigenvalue weighted by atomic mass is 32.2. The summed E-state index contributed by atoms with van der Waals surface area (Å²) in [4.78, 5) is 17.2. The Labute approximate surface area is 124 Å². The fourth-order valence-electron chi connectivity index (χ4n) is 1.90. The molecule has 0 atom stereocenters. The molecule has 0 aliphatic rings. The SMILES string of the molecule is C#CCSc1nc2ccsc2c(=O)n1-c1ccccc1. The second-order valence-electron chi connectivity index (χ2n) is 4.00. The van der Waals surface area contributed by atoms with Crippen molar-refractivity contribution in [2.45, 2.75) is 5.16 Å². The van der Waals surface area contributed by atoms with Crippen molar-refractivity contribution in [1.29, 1.82) is 0 Å². The molecule has 0 saturated carbocycles. The van der Waals surface area contributed by atoms with Gasteiger partial charge in [-0.1, -0.05) is 35.9 Å². The minimum Gasteiger partial charge on any atom is -0.267 e. The van der Waals surface area contributed by atoms with Gasteiger partial charge in [0.2, 0.25) is 0 Å². The quantitative estimate of drug-likeness (QED) is 0.423. The van der Waals surface area contributed by atoms with E-state index in [4.69, 9.17) is 6.42 Å². The van der Waals surface area contributed by atoms with Gasteiger partial charge in [-0.15, -0.1) is 17.8 Å². The average molecular weight is 298 g/mol. The smallest absolute Gasteiger partial charge is 0.267 e. The minimum absolute atomic E-state index is 0.0456. The zero-order valence-corrected chi connectivity index (χ0v) is 12.1. The second-order valence-corrected chi connectivity index (χ2v) is 5.86. The first-order valence-electron chi connectivity index (χ1n) is 5.93. The van der Waals surface area contributed by atoms with Crippen LogP contribution in [0.4, 0.5) is 0 Å². The van der Waals surface area contributed by atoms with Crippen LogP contribution in [0.1, 0.15) is 0 Å². The number of hydrogen-bond donors (Lipinski definition) is 0. The van der Waals surface area contributed by atoms with Crippen molar-refractivity contribution in [3.8, 4) is 18.0 Å². The molecule has 2 aromatic heterocycles. The molecule has 0 amide bonds. The highest BCUT2D eigenvalue weighted by molar-refractivity contribution is 7.99. The number of aromatic nitrogens is 2. The van der Waals surface area contributed by atoms with Crippen molar-refractivity contribution in [3.05, 3.63) is 52.1 Å². The lowest BCUT2D eigenvalue weighted by molar-refractivity contribution is 0.823. The molecular weight excluding hydrogens is 288 g/mol. The van der Waals surface area contributed by atoms with Crippen molar-refractivity contribution < 1.29 is 0 Å². The number of para-hydroxylation sites is 1. The van der Waals surface area contributed by atoms with Gasteiger partial charge >= 0.3 is 0 Å². The van der Waals surface area contributed by atoms with Crippen LogP contribution >= 0.6 is 23.1 Å². The highest BCUT2D eigenvalue weighted by Gasteiger charge is 2.13. The van der Waals surface area contributed by atoms with Crippen molar-refractivity contribution >= 4 is 33.3 Å². The molecule has 1 aromatic carbocycles. The molecule has 0 aliphatic carbocycles. The summed E-state index contributed by atoms with van der Waals surface area (Å²) in [5, 5.41) is 2.51. The van der Waals surface area contributed by atoms with E-state index in [0.29, 0.717) is 15.6 Å². The Morgan fingerprint density at radius 2 is 2.10 bits per heavy atom. The van der Waals surface area contributed by atoms with Crippen LogP contribution in [0.2, 0.25) is 0 Å². The maximum atomic E-state index is 12.6. The van der Waals surface area contributed by atoms with Gasteiger partial charge in [-0.3, -0.25) is 9.36 Å². The van der Waals surface area contributed by atoms with E-state index in [1.54, 1.807) is 4.57 Å². The molecule has 0 spiro atoms. The van der Waals surface area contributed by atoms with Gasteiger partial charge in [0.15, 0.2) is 5.16 Å². The van der Waals surface area contributed by atoms with Gasteiger partial charge in [0.05, 0.1) is 17.0 Å². The monoisotopic (exact) mass is 298 g/mol.